The van der Waals surface area contributed by atoms with Gasteiger partial charge >= 0.3 is 0 Å². The van der Waals surface area contributed by atoms with Gasteiger partial charge in [0.2, 0.25) is 0 Å². The minimum atomic E-state index is -0.195. The molecule has 0 radical (unpaired) electrons. The summed E-state index contributed by atoms with van der Waals surface area (Å²) >= 11 is 7.28. The second-order valence-corrected chi connectivity index (χ2v) is 7.20. The third-order valence-corrected chi connectivity index (χ3v) is 5.20. The van der Waals surface area contributed by atoms with Crippen LogP contribution in [0.2, 0.25) is 5.02 Å². The average molecular weight is 403 g/mol. The molecule has 1 amide bonds. The second-order valence-electron chi connectivity index (χ2n) is 5.76. The first-order valence-corrected chi connectivity index (χ1v) is 9.53. The summed E-state index contributed by atoms with van der Waals surface area (Å²) in [5.41, 5.74) is 2.28. The Balaban J connectivity index is 1.73. The summed E-state index contributed by atoms with van der Waals surface area (Å²) in [7, 11) is 1.62. The summed E-state index contributed by atoms with van der Waals surface area (Å²) in [6.45, 7) is 2.78. The summed E-state index contributed by atoms with van der Waals surface area (Å²) in [6, 6.07) is 14.7. The Hall–Kier alpha value is -2.41. The van der Waals surface area contributed by atoms with Crippen LogP contribution in [0.25, 0.3) is 10.6 Å². The molecule has 0 aliphatic heterocycles. The molecule has 0 unspecified atom stereocenters. The Morgan fingerprint density at radius 2 is 1.96 bits per heavy atom. The fourth-order valence-electron chi connectivity index (χ4n) is 2.42. The Kier molecular flexibility index (Phi) is 6.45. The first-order chi connectivity index (χ1) is 13.1. The van der Waals surface area contributed by atoms with Crippen molar-refractivity contribution in [3.05, 3.63) is 64.1 Å². The molecule has 1 heterocycles. The number of nitrogens with one attached hydrogen (secondary N) is 1. The van der Waals surface area contributed by atoms with Crippen molar-refractivity contribution in [2.75, 3.05) is 25.6 Å². The predicted molar refractivity (Wildman–Crippen MR) is 109 cm³/mol. The molecule has 0 aliphatic rings. The number of aryl methyl sites for hydroxylation is 1. The van der Waals surface area contributed by atoms with Crippen molar-refractivity contribution in [2.24, 2.45) is 0 Å². The van der Waals surface area contributed by atoms with Crippen molar-refractivity contribution in [3.8, 4) is 16.3 Å². The number of amides is 1. The van der Waals surface area contributed by atoms with Crippen LogP contribution < -0.4 is 10.1 Å². The molecule has 3 rings (SSSR count). The Bertz CT molecular complexity index is 925. The molecule has 0 atom stereocenters. The van der Waals surface area contributed by atoms with E-state index in [1.807, 2.05) is 49.4 Å². The van der Waals surface area contributed by atoms with E-state index < -0.39 is 0 Å². The zero-order chi connectivity index (χ0) is 19.2. The number of anilines is 1. The summed E-state index contributed by atoms with van der Waals surface area (Å²) in [4.78, 5) is 17.8. The smallest absolute Gasteiger partial charge is 0.267 e. The van der Waals surface area contributed by atoms with Crippen molar-refractivity contribution in [1.29, 1.82) is 0 Å². The van der Waals surface area contributed by atoms with Gasteiger partial charge in [0.05, 0.1) is 12.3 Å². The van der Waals surface area contributed by atoms with Crippen molar-refractivity contribution in [1.82, 2.24) is 4.98 Å². The number of carbonyl (C=O) groups excluding carboxylic acids is 1. The van der Waals surface area contributed by atoms with Crippen molar-refractivity contribution >= 4 is 34.5 Å². The average Bonchev–Trinajstić information content (AvgIpc) is 3.05. The first kappa shape index (κ1) is 19.4. The lowest BCUT2D eigenvalue weighted by Gasteiger charge is -2.08. The molecule has 0 saturated heterocycles. The third-order valence-electron chi connectivity index (χ3n) is 3.74. The van der Waals surface area contributed by atoms with E-state index >= 15 is 0 Å². The van der Waals surface area contributed by atoms with Gasteiger partial charge in [-0.2, -0.15) is 0 Å². The van der Waals surface area contributed by atoms with Crippen molar-refractivity contribution < 1.29 is 14.3 Å². The third kappa shape index (κ3) is 5.07. The van der Waals surface area contributed by atoms with E-state index in [4.69, 9.17) is 21.1 Å². The van der Waals surface area contributed by atoms with Gasteiger partial charge in [-0.25, -0.2) is 4.98 Å². The van der Waals surface area contributed by atoms with Crippen LogP contribution in [-0.2, 0) is 4.74 Å². The van der Waals surface area contributed by atoms with E-state index in [1.54, 1.807) is 13.2 Å². The van der Waals surface area contributed by atoms with Gasteiger partial charge in [-0.1, -0.05) is 29.8 Å². The van der Waals surface area contributed by atoms with Crippen molar-refractivity contribution in [2.45, 2.75) is 6.92 Å². The van der Waals surface area contributed by atoms with Crippen LogP contribution in [0.1, 0.15) is 15.4 Å². The highest BCUT2D eigenvalue weighted by Gasteiger charge is 2.16. The number of benzene rings is 2. The fourth-order valence-corrected chi connectivity index (χ4v) is 3.51. The van der Waals surface area contributed by atoms with Crippen LogP contribution >= 0.6 is 22.9 Å². The van der Waals surface area contributed by atoms with E-state index in [2.05, 4.69) is 10.3 Å². The van der Waals surface area contributed by atoms with Gasteiger partial charge in [0.15, 0.2) is 0 Å². The number of ether oxygens (including phenoxy) is 2. The lowest BCUT2D eigenvalue weighted by molar-refractivity contribution is 0.103. The topological polar surface area (TPSA) is 60.5 Å². The molecule has 5 nitrogen and oxygen atoms in total. The first-order valence-electron chi connectivity index (χ1n) is 8.33. The molecule has 0 spiro atoms. The summed E-state index contributed by atoms with van der Waals surface area (Å²) in [6.07, 6.45) is 0. The lowest BCUT2D eigenvalue weighted by Crippen LogP contribution is -2.11. The molecule has 0 fully saturated rings. The molecule has 0 aliphatic carbocycles. The van der Waals surface area contributed by atoms with Gasteiger partial charge in [0.25, 0.3) is 5.91 Å². The van der Waals surface area contributed by atoms with Gasteiger partial charge in [0.1, 0.15) is 22.2 Å². The number of halogens is 1. The maximum atomic E-state index is 12.7. The zero-order valence-corrected chi connectivity index (χ0v) is 16.6. The quantitative estimate of drug-likeness (QED) is 0.562. The van der Waals surface area contributed by atoms with Crippen molar-refractivity contribution in [3.63, 3.8) is 0 Å². The summed E-state index contributed by atoms with van der Waals surface area (Å²) in [5.74, 6) is 0.479. The Labute approximate surface area is 166 Å². The highest BCUT2D eigenvalue weighted by atomic mass is 35.5. The molecule has 0 saturated carbocycles. The number of methoxy groups -OCH3 is 1. The normalized spacial score (nSPS) is 10.6. The van der Waals surface area contributed by atoms with Crippen LogP contribution in [0, 0.1) is 6.92 Å². The predicted octanol–water partition coefficient (Wildman–Crippen LogP) is 5.05. The van der Waals surface area contributed by atoms with Gasteiger partial charge in [-0.15, -0.1) is 11.3 Å². The van der Waals surface area contributed by atoms with E-state index in [0.29, 0.717) is 40.2 Å². The van der Waals surface area contributed by atoms with Crippen LogP contribution in [-0.4, -0.2) is 31.2 Å². The van der Waals surface area contributed by atoms with Gasteiger partial charge in [-0.05, 0) is 31.2 Å². The minimum absolute atomic E-state index is 0.195. The number of aromatic nitrogens is 1. The Morgan fingerprint density at radius 1 is 1.19 bits per heavy atom. The summed E-state index contributed by atoms with van der Waals surface area (Å²) in [5, 5.41) is 4.35. The van der Waals surface area contributed by atoms with Crippen LogP contribution in [0.15, 0.2) is 48.5 Å². The molecule has 140 valence electrons. The maximum Gasteiger partial charge on any atom is 0.267 e. The Morgan fingerprint density at radius 3 is 2.70 bits per heavy atom. The fraction of sp³-hybridized carbons (Fsp3) is 0.200. The molecule has 27 heavy (non-hydrogen) atoms. The number of hydrogen-bond acceptors (Lipinski definition) is 5. The number of rotatable bonds is 7. The van der Waals surface area contributed by atoms with E-state index in [-0.39, 0.29) is 5.91 Å². The van der Waals surface area contributed by atoms with Gasteiger partial charge in [-0.3, -0.25) is 4.79 Å². The largest absolute Gasteiger partial charge is 0.491 e. The lowest BCUT2D eigenvalue weighted by atomic mass is 10.2. The minimum Gasteiger partial charge on any atom is -0.491 e. The van der Waals surface area contributed by atoms with Gasteiger partial charge < -0.3 is 14.8 Å². The number of hydrogen-bond donors (Lipinski definition) is 1. The SMILES string of the molecule is COCCOc1cccc(NC(=O)c2sc(-c3ccc(Cl)cc3)nc2C)c1. The molecule has 7 heteroatoms. The molecule has 1 N–H and O–H groups in total. The molecule has 1 aromatic heterocycles. The van der Waals surface area contributed by atoms with Crippen LogP contribution in [0.4, 0.5) is 5.69 Å². The second kappa shape index (κ2) is 8.99. The zero-order valence-electron chi connectivity index (χ0n) is 15.0. The molecular weight excluding hydrogens is 384 g/mol. The highest BCUT2D eigenvalue weighted by Crippen LogP contribution is 2.29. The molecule has 3 aromatic rings. The van der Waals surface area contributed by atoms with Crippen LogP contribution in [0.5, 0.6) is 5.75 Å². The molecule has 2 aromatic carbocycles. The molecular formula is C20H19ClN2O3S. The maximum absolute atomic E-state index is 12.7. The van der Waals surface area contributed by atoms with E-state index in [9.17, 15) is 4.79 Å². The monoisotopic (exact) mass is 402 g/mol. The number of carbonyl (C=O) groups is 1. The number of thiazole rings is 1. The van der Waals surface area contributed by atoms with E-state index in [0.717, 1.165) is 10.6 Å². The summed E-state index contributed by atoms with van der Waals surface area (Å²) < 4.78 is 10.5. The standard InChI is InChI=1S/C20H19ClN2O3S/c1-13-18(27-20(22-13)14-6-8-15(21)9-7-14)19(24)23-16-4-3-5-17(12-16)26-11-10-25-2/h3-9,12H,10-11H2,1-2H3,(H,23,24). The van der Waals surface area contributed by atoms with Gasteiger partial charge in [0, 0.05) is 29.4 Å². The van der Waals surface area contributed by atoms with Crippen LogP contribution in [0.3, 0.4) is 0 Å². The number of nitrogens with zero attached hydrogens (tertiary/aromatic N) is 1. The van der Waals surface area contributed by atoms with E-state index in [1.165, 1.54) is 11.3 Å². The molecule has 0 bridgehead atoms. The highest BCUT2D eigenvalue weighted by molar-refractivity contribution is 7.17.